The Hall–Kier alpha value is -2.36. The molecule has 0 bridgehead atoms. The lowest BCUT2D eigenvalue weighted by atomic mass is 9.97. The van der Waals surface area contributed by atoms with E-state index in [1.807, 2.05) is 0 Å². The first-order chi connectivity index (χ1) is 13.1. The summed E-state index contributed by atoms with van der Waals surface area (Å²) < 4.78 is 66.3. The summed E-state index contributed by atoms with van der Waals surface area (Å²) in [6.45, 7) is 3.01. The minimum absolute atomic E-state index is 0.0605. The maximum Gasteiger partial charge on any atom is 0.416 e. The molecule has 3 aromatic rings. The van der Waals surface area contributed by atoms with Gasteiger partial charge in [0.2, 0.25) is 0 Å². The number of hydrogen-bond acceptors (Lipinski definition) is 4. The highest BCUT2D eigenvalue weighted by molar-refractivity contribution is 9.10. The SMILES string of the molecule is Cc1c(C(C)Nc2nc(C(F)F)nc3cnc(Br)cc23)cccc1C(F)(F)F. The molecule has 0 fully saturated rings. The first-order valence-electron chi connectivity index (χ1n) is 8.12. The van der Waals surface area contributed by atoms with Gasteiger partial charge in [-0.05, 0) is 53.0 Å². The molecule has 1 unspecified atom stereocenters. The summed E-state index contributed by atoms with van der Waals surface area (Å²) in [5.41, 5.74) is -0.103. The van der Waals surface area contributed by atoms with Gasteiger partial charge < -0.3 is 5.32 Å². The van der Waals surface area contributed by atoms with Crippen molar-refractivity contribution in [3.05, 3.63) is 57.6 Å². The highest BCUT2D eigenvalue weighted by Gasteiger charge is 2.33. The number of anilines is 1. The van der Waals surface area contributed by atoms with E-state index in [0.29, 0.717) is 15.6 Å². The van der Waals surface area contributed by atoms with Crippen LogP contribution in [-0.2, 0) is 6.18 Å². The number of alkyl halides is 5. The molecule has 0 aliphatic carbocycles. The molecule has 1 atom stereocenters. The van der Waals surface area contributed by atoms with Crippen LogP contribution in [0.4, 0.5) is 27.8 Å². The predicted molar refractivity (Wildman–Crippen MR) is 98.2 cm³/mol. The van der Waals surface area contributed by atoms with Crippen molar-refractivity contribution in [2.24, 2.45) is 0 Å². The highest BCUT2D eigenvalue weighted by Crippen LogP contribution is 2.36. The molecule has 1 N–H and O–H groups in total. The number of benzene rings is 1. The van der Waals surface area contributed by atoms with Crippen molar-refractivity contribution in [2.75, 3.05) is 5.32 Å². The van der Waals surface area contributed by atoms with Gasteiger partial charge in [-0.1, -0.05) is 12.1 Å². The van der Waals surface area contributed by atoms with Crippen molar-refractivity contribution in [2.45, 2.75) is 32.5 Å². The molecule has 2 heterocycles. The Morgan fingerprint density at radius 1 is 1.14 bits per heavy atom. The van der Waals surface area contributed by atoms with Crippen LogP contribution in [0.1, 0.15) is 41.9 Å². The first kappa shape index (κ1) is 20.4. The van der Waals surface area contributed by atoms with E-state index in [4.69, 9.17) is 0 Å². The smallest absolute Gasteiger partial charge is 0.363 e. The fourth-order valence-corrected chi connectivity index (χ4v) is 3.28. The molecule has 0 spiro atoms. The van der Waals surface area contributed by atoms with Gasteiger partial charge in [-0.15, -0.1) is 0 Å². The molecule has 0 radical (unpaired) electrons. The molecule has 0 saturated heterocycles. The Morgan fingerprint density at radius 2 is 1.86 bits per heavy atom. The molecule has 0 amide bonds. The number of nitrogens with one attached hydrogen (secondary N) is 1. The monoisotopic (exact) mass is 460 g/mol. The second-order valence-corrected chi connectivity index (χ2v) is 6.95. The lowest BCUT2D eigenvalue weighted by Crippen LogP contribution is -2.15. The summed E-state index contributed by atoms with van der Waals surface area (Å²) in [7, 11) is 0. The average molecular weight is 461 g/mol. The fourth-order valence-electron chi connectivity index (χ4n) is 2.94. The summed E-state index contributed by atoms with van der Waals surface area (Å²) in [6.07, 6.45) is -6.07. The van der Waals surface area contributed by atoms with E-state index < -0.39 is 30.0 Å². The summed E-state index contributed by atoms with van der Waals surface area (Å²) in [5, 5.41) is 3.36. The lowest BCUT2D eigenvalue weighted by molar-refractivity contribution is -0.138. The highest BCUT2D eigenvalue weighted by atomic mass is 79.9. The van der Waals surface area contributed by atoms with Crippen LogP contribution in [0.25, 0.3) is 10.9 Å². The number of pyridine rings is 1. The minimum atomic E-state index is -4.49. The second kappa shape index (κ2) is 7.57. The van der Waals surface area contributed by atoms with E-state index in [9.17, 15) is 22.0 Å². The molecule has 10 heteroatoms. The number of fused-ring (bicyclic) bond motifs is 1. The molecule has 0 aliphatic rings. The Bertz CT molecular complexity index is 1020. The zero-order valence-corrected chi connectivity index (χ0v) is 16.2. The summed E-state index contributed by atoms with van der Waals surface area (Å²) >= 11 is 3.20. The topological polar surface area (TPSA) is 50.7 Å². The molecule has 148 valence electrons. The Balaban J connectivity index is 2.06. The van der Waals surface area contributed by atoms with Crippen LogP contribution in [0, 0.1) is 6.92 Å². The van der Waals surface area contributed by atoms with E-state index in [2.05, 4.69) is 36.2 Å². The largest absolute Gasteiger partial charge is 0.416 e. The number of nitrogens with zero attached hydrogens (tertiary/aromatic N) is 3. The molecular formula is C18H14BrF5N4. The number of hydrogen-bond donors (Lipinski definition) is 1. The molecule has 28 heavy (non-hydrogen) atoms. The average Bonchev–Trinajstić information content (AvgIpc) is 2.60. The van der Waals surface area contributed by atoms with Gasteiger partial charge in [-0.25, -0.2) is 23.7 Å². The Morgan fingerprint density at radius 3 is 2.50 bits per heavy atom. The minimum Gasteiger partial charge on any atom is -0.363 e. The zero-order valence-electron chi connectivity index (χ0n) is 14.7. The maximum atomic E-state index is 13.2. The quantitative estimate of drug-likeness (QED) is 0.370. The van der Waals surface area contributed by atoms with Gasteiger partial charge in [0.1, 0.15) is 10.4 Å². The van der Waals surface area contributed by atoms with Gasteiger partial charge in [0.15, 0.2) is 5.82 Å². The van der Waals surface area contributed by atoms with Crippen molar-refractivity contribution >= 4 is 32.7 Å². The third kappa shape index (κ3) is 4.06. The molecule has 4 nitrogen and oxygen atoms in total. The third-order valence-corrected chi connectivity index (χ3v) is 4.70. The lowest BCUT2D eigenvalue weighted by Gasteiger charge is -2.21. The maximum absolute atomic E-state index is 13.2. The normalized spacial score (nSPS) is 13.2. The summed E-state index contributed by atoms with van der Waals surface area (Å²) in [6, 6.07) is 4.80. The summed E-state index contributed by atoms with van der Waals surface area (Å²) in [4.78, 5) is 11.6. The van der Waals surface area contributed by atoms with Crippen LogP contribution < -0.4 is 5.32 Å². The van der Waals surface area contributed by atoms with E-state index in [1.165, 1.54) is 19.2 Å². The van der Waals surface area contributed by atoms with Gasteiger partial charge in [0.25, 0.3) is 6.43 Å². The van der Waals surface area contributed by atoms with E-state index >= 15 is 0 Å². The van der Waals surface area contributed by atoms with Gasteiger partial charge in [-0.2, -0.15) is 13.2 Å². The van der Waals surface area contributed by atoms with Crippen molar-refractivity contribution in [1.82, 2.24) is 15.0 Å². The van der Waals surface area contributed by atoms with Gasteiger partial charge in [-0.3, -0.25) is 0 Å². The van der Waals surface area contributed by atoms with Crippen molar-refractivity contribution < 1.29 is 22.0 Å². The van der Waals surface area contributed by atoms with Crippen LogP contribution in [0.15, 0.2) is 35.1 Å². The van der Waals surface area contributed by atoms with E-state index in [0.717, 1.165) is 6.07 Å². The van der Waals surface area contributed by atoms with Gasteiger partial charge in [0.05, 0.1) is 23.3 Å². The van der Waals surface area contributed by atoms with Gasteiger partial charge in [0, 0.05) is 5.39 Å². The standard InChI is InChI=1S/C18H14BrF5N4/c1-8-10(4-3-5-12(8)18(22,23)24)9(2)26-16-11-6-14(19)25-7-13(11)27-17(28-16)15(20)21/h3-7,9,15H,1-2H3,(H,26,27,28). The zero-order chi connectivity index (χ0) is 20.6. The first-order valence-corrected chi connectivity index (χ1v) is 8.92. The molecule has 0 saturated carbocycles. The molecular weight excluding hydrogens is 447 g/mol. The van der Waals surface area contributed by atoms with Crippen LogP contribution in [0.2, 0.25) is 0 Å². The summed E-state index contributed by atoms with van der Waals surface area (Å²) in [5.74, 6) is -0.597. The molecule has 1 aromatic carbocycles. The molecule has 0 aliphatic heterocycles. The number of rotatable bonds is 4. The Labute approximate surface area is 165 Å². The van der Waals surface area contributed by atoms with Crippen LogP contribution in [-0.4, -0.2) is 15.0 Å². The molecule has 3 rings (SSSR count). The van der Waals surface area contributed by atoms with E-state index in [1.54, 1.807) is 19.1 Å². The van der Waals surface area contributed by atoms with Crippen LogP contribution >= 0.6 is 15.9 Å². The van der Waals surface area contributed by atoms with E-state index in [-0.39, 0.29) is 16.9 Å². The van der Waals surface area contributed by atoms with Crippen LogP contribution in [0.3, 0.4) is 0 Å². The van der Waals surface area contributed by atoms with Crippen LogP contribution in [0.5, 0.6) is 0 Å². The fraction of sp³-hybridized carbons (Fsp3) is 0.278. The number of aromatic nitrogens is 3. The van der Waals surface area contributed by atoms with Crippen molar-refractivity contribution in [3.63, 3.8) is 0 Å². The third-order valence-electron chi connectivity index (χ3n) is 4.26. The Kier molecular flexibility index (Phi) is 5.51. The van der Waals surface area contributed by atoms with Crippen molar-refractivity contribution in [3.8, 4) is 0 Å². The van der Waals surface area contributed by atoms with Gasteiger partial charge >= 0.3 is 6.18 Å². The second-order valence-electron chi connectivity index (χ2n) is 6.14. The molecule has 2 aromatic heterocycles. The predicted octanol–water partition coefficient (Wildman–Crippen LogP) is 6.23. The van der Waals surface area contributed by atoms with Crippen molar-refractivity contribution in [1.29, 1.82) is 0 Å². The number of halogens is 6.